The standard InChI is InChI=1S/C36H75NO6/c1-4-7-10-13-16-19-25-38-31-34-41-28-22-37(23-29-42-35-32-39-26-20-17-14-11-8-5-2)24-30-43-36-33-40-27-21-18-15-12-9-6-3/h4-36H2,1-3H3. The predicted molar refractivity (Wildman–Crippen MR) is 181 cm³/mol. The van der Waals surface area contributed by atoms with E-state index in [1.807, 2.05) is 0 Å². The summed E-state index contributed by atoms with van der Waals surface area (Å²) < 4.78 is 34.8. The first-order chi connectivity index (χ1) is 21.3. The molecule has 260 valence electrons. The summed E-state index contributed by atoms with van der Waals surface area (Å²) in [6.45, 7) is 18.0. The van der Waals surface area contributed by atoms with Crippen LogP contribution in [0.15, 0.2) is 0 Å². The third kappa shape index (κ3) is 37.8. The Bertz CT molecular complexity index is 418. The minimum atomic E-state index is 0.655. The van der Waals surface area contributed by atoms with Crippen LogP contribution in [0.4, 0.5) is 0 Å². The lowest BCUT2D eigenvalue weighted by atomic mass is 10.1. The third-order valence-electron chi connectivity index (χ3n) is 7.70. The van der Waals surface area contributed by atoms with Crippen molar-refractivity contribution in [1.82, 2.24) is 4.90 Å². The smallest absolute Gasteiger partial charge is 0.0701 e. The molecule has 0 bridgehead atoms. The van der Waals surface area contributed by atoms with Crippen LogP contribution in [0, 0.1) is 0 Å². The molecule has 0 aliphatic heterocycles. The van der Waals surface area contributed by atoms with Gasteiger partial charge in [0.2, 0.25) is 0 Å². The van der Waals surface area contributed by atoms with E-state index in [1.165, 1.54) is 96.3 Å². The fourth-order valence-corrected chi connectivity index (χ4v) is 4.84. The summed E-state index contributed by atoms with van der Waals surface area (Å²) in [6, 6.07) is 0. The number of nitrogens with zero attached hydrogens (tertiary/aromatic N) is 1. The van der Waals surface area contributed by atoms with E-state index in [4.69, 9.17) is 28.4 Å². The molecule has 0 unspecified atom stereocenters. The van der Waals surface area contributed by atoms with E-state index in [9.17, 15) is 0 Å². The molecule has 0 aliphatic carbocycles. The number of ether oxygens (including phenoxy) is 6. The molecular formula is C36H75NO6. The van der Waals surface area contributed by atoms with Crippen LogP contribution in [-0.2, 0) is 28.4 Å². The fourth-order valence-electron chi connectivity index (χ4n) is 4.84. The highest BCUT2D eigenvalue weighted by Gasteiger charge is 2.06. The van der Waals surface area contributed by atoms with Crippen LogP contribution < -0.4 is 0 Å². The molecule has 0 aromatic rings. The number of hydrogen-bond donors (Lipinski definition) is 0. The van der Waals surface area contributed by atoms with Gasteiger partial charge in [0.15, 0.2) is 0 Å². The quantitative estimate of drug-likeness (QED) is 0.0641. The number of rotatable bonds is 39. The van der Waals surface area contributed by atoms with Crippen LogP contribution in [0.5, 0.6) is 0 Å². The van der Waals surface area contributed by atoms with Crippen LogP contribution in [0.1, 0.15) is 136 Å². The topological polar surface area (TPSA) is 58.6 Å². The molecule has 0 aromatic carbocycles. The Labute approximate surface area is 268 Å². The molecule has 7 heteroatoms. The molecule has 0 fully saturated rings. The summed E-state index contributed by atoms with van der Waals surface area (Å²) in [7, 11) is 0. The molecule has 43 heavy (non-hydrogen) atoms. The molecule has 0 N–H and O–H groups in total. The summed E-state index contributed by atoms with van der Waals surface area (Å²) in [5.41, 5.74) is 0. The molecule has 7 nitrogen and oxygen atoms in total. The molecular weight excluding hydrogens is 542 g/mol. The van der Waals surface area contributed by atoms with Crippen molar-refractivity contribution in [2.24, 2.45) is 0 Å². The lowest BCUT2D eigenvalue weighted by Crippen LogP contribution is -2.34. The Hall–Kier alpha value is -0.280. The molecule has 0 atom stereocenters. The van der Waals surface area contributed by atoms with Gasteiger partial charge in [-0.15, -0.1) is 0 Å². The first-order valence-electron chi connectivity index (χ1n) is 18.5. The average Bonchev–Trinajstić information content (AvgIpc) is 3.02. The van der Waals surface area contributed by atoms with Gasteiger partial charge in [0.1, 0.15) is 0 Å². The SMILES string of the molecule is CCCCCCCCOCCOCCN(CCOCCOCCCCCCCC)CCOCCOCCCCCCCC. The van der Waals surface area contributed by atoms with E-state index in [0.29, 0.717) is 59.5 Å². The second kappa shape index (κ2) is 39.7. The number of unbranched alkanes of at least 4 members (excludes halogenated alkanes) is 15. The van der Waals surface area contributed by atoms with Gasteiger partial charge >= 0.3 is 0 Å². The zero-order valence-corrected chi connectivity index (χ0v) is 29.2. The predicted octanol–water partition coefficient (Wildman–Crippen LogP) is 8.47. The van der Waals surface area contributed by atoms with Gasteiger partial charge in [0.05, 0.1) is 59.5 Å². The van der Waals surface area contributed by atoms with Crippen LogP contribution >= 0.6 is 0 Å². The maximum absolute atomic E-state index is 5.86. The molecule has 0 rings (SSSR count). The Morgan fingerprint density at radius 3 is 0.767 bits per heavy atom. The summed E-state index contributed by atoms with van der Waals surface area (Å²) in [6.07, 6.45) is 23.3. The molecule has 0 radical (unpaired) electrons. The van der Waals surface area contributed by atoms with Crippen LogP contribution in [0.2, 0.25) is 0 Å². The van der Waals surface area contributed by atoms with E-state index in [0.717, 1.165) is 58.7 Å². The normalized spacial score (nSPS) is 11.7. The maximum atomic E-state index is 5.86. The van der Waals surface area contributed by atoms with Gasteiger partial charge in [-0.25, -0.2) is 0 Å². The van der Waals surface area contributed by atoms with Crippen molar-refractivity contribution < 1.29 is 28.4 Å². The Balaban J connectivity index is 3.90. The van der Waals surface area contributed by atoms with Gasteiger partial charge in [-0.2, -0.15) is 0 Å². The van der Waals surface area contributed by atoms with Crippen molar-refractivity contribution in [2.75, 3.05) is 98.9 Å². The van der Waals surface area contributed by atoms with Crippen molar-refractivity contribution in [3.05, 3.63) is 0 Å². The maximum Gasteiger partial charge on any atom is 0.0701 e. The minimum absolute atomic E-state index is 0.655. The molecule has 0 aromatic heterocycles. The molecule has 0 saturated carbocycles. The van der Waals surface area contributed by atoms with E-state index >= 15 is 0 Å². The van der Waals surface area contributed by atoms with Crippen molar-refractivity contribution in [2.45, 2.75) is 136 Å². The highest BCUT2D eigenvalue weighted by atomic mass is 16.5. The fraction of sp³-hybridized carbons (Fsp3) is 1.00. The summed E-state index contributed by atoms with van der Waals surface area (Å²) in [5, 5.41) is 0. The Morgan fingerprint density at radius 2 is 0.488 bits per heavy atom. The first kappa shape index (κ1) is 42.7. The second-order valence-corrected chi connectivity index (χ2v) is 11.8. The third-order valence-corrected chi connectivity index (χ3v) is 7.70. The zero-order valence-electron chi connectivity index (χ0n) is 29.2. The lowest BCUT2D eigenvalue weighted by molar-refractivity contribution is 0.00983. The second-order valence-electron chi connectivity index (χ2n) is 11.8. The van der Waals surface area contributed by atoms with E-state index in [2.05, 4.69) is 25.7 Å². The largest absolute Gasteiger partial charge is 0.379 e. The van der Waals surface area contributed by atoms with Crippen molar-refractivity contribution >= 4 is 0 Å². The van der Waals surface area contributed by atoms with Gasteiger partial charge in [0.25, 0.3) is 0 Å². The van der Waals surface area contributed by atoms with Crippen LogP contribution in [0.3, 0.4) is 0 Å². The first-order valence-corrected chi connectivity index (χ1v) is 18.5. The van der Waals surface area contributed by atoms with E-state index in [-0.39, 0.29) is 0 Å². The summed E-state index contributed by atoms with van der Waals surface area (Å²) in [4.78, 5) is 2.37. The molecule has 0 heterocycles. The van der Waals surface area contributed by atoms with Gasteiger partial charge in [-0.05, 0) is 19.3 Å². The van der Waals surface area contributed by atoms with Crippen LogP contribution in [-0.4, -0.2) is 104 Å². The van der Waals surface area contributed by atoms with Crippen molar-refractivity contribution in [3.63, 3.8) is 0 Å². The Morgan fingerprint density at radius 1 is 0.256 bits per heavy atom. The highest BCUT2D eigenvalue weighted by Crippen LogP contribution is 2.06. The summed E-state index contributed by atoms with van der Waals surface area (Å²) in [5.74, 6) is 0. The lowest BCUT2D eigenvalue weighted by Gasteiger charge is -2.22. The molecule has 0 aliphatic rings. The van der Waals surface area contributed by atoms with Crippen LogP contribution in [0.25, 0.3) is 0 Å². The molecule has 0 spiro atoms. The van der Waals surface area contributed by atoms with Crippen molar-refractivity contribution in [1.29, 1.82) is 0 Å². The van der Waals surface area contributed by atoms with Gasteiger partial charge in [-0.3, -0.25) is 4.90 Å². The summed E-state index contributed by atoms with van der Waals surface area (Å²) >= 11 is 0. The average molecular weight is 618 g/mol. The van der Waals surface area contributed by atoms with E-state index in [1.54, 1.807) is 0 Å². The van der Waals surface area contributed by atoms with Gasteiger partial charge < -0.3 is 28.4 Å². The Kier molecular flexibility index (Phi) is 39.5. The van der Waals surface area contributed by atoms with Crippen molar-refractivity contribution in [3.8, 4) is 0 Å². The van der Waals surface area contributed by atoms with Gasteiger partial charge in [-0.1, -0.05) is 117 Å². The molecule has 0 saturated heterocycles. The number of hydrogen-bond acceptors (Lipinski definition) is 7. The molecule has 0 amide bonds. The minimum Gasteiger partial charge on any atom is -0.379 e. The highest BCUT2D eigenvalue weighted by molar-refractivity contribution is 4.57. The monoisotopic (exact) mass is 618 g/mol. The zero-order chi connectivity index (χ0) is 31.2. The van der Waals surface area contributed by atoms with Gasteiger partial charge in [0, 0.05) is 39.5 Å². The van der Waals surface area contributed by atoms with E-state index < -0.39 is 0 Å².